The SMILES string of the molecule is CC(=O)N1C=C(C)C(c2ccccn2)N1. The van der Waals surface area contributed by atoms with Gasteiger partial charge in [-0.25, -0.2) is 5.43 Å². The smallest absolute Gasteiger partial charge is 0.237 e. The summed E-state index contributed by atoms with van der Waals surface area (Å²) in [5, 5.41) is 1.49. The van der Waals surface area contributed by atoms with Gasteiger partial charge in [-0.3, -0.25) is 14.8 Å². The molecule has 1 atom stereocenters. The van der Waals surface area contributed by atoms with E-state index in [2.05, 4.69) is 10.4 Å². The summed E-state index contributed by atoms with van der Waals surface area (Å²) < 4.78 is 0. The zero-order valence-corrected chi connectivity index (χ0v) is 8.77. The zero-order chi connectivity index (χ0) is 10.8. The summed E-state index contributed by atoms with van der Waals surface area (Å²) >= 11 is 0. The molecule has 0 bridgehead atoms. The summed E-state index contributed by atoms with van der Waals surface area (Å²) in [7, 11) is 0. The number of aromatic nitrogens is 1. The molecule has 4 heteroatoms. The van der Waals surface area contributed by atoms with E-state index in [1.165, 1.54) is 11.9 Å². The number of nitrogens with one attached hydrogen (secondary N) is 1. The normalized spacial score (nSPS) is 20.3. The number of hydrazine groups is 1. The van der Waals surface area contributed by atoms with Crippen LogP contribution in [-0.2, 0) is 4.79 Å². The van der Waals surface area contributed by atoms with E-state index in [4.69, 9.17) is 0 Å². The van der Waals surface area contributed by atoms with Crippen molar-refractivity contribution in [3.63, 3.8) is 0 Å². The molecule has 1 aromatic heterocycles. The fourth-order valence-corrected chi connectivity index (χ4v) is 1.58. The molecule has 0 fully saturated rings. The topological polar surface area (TPSA) is 45.2 Å². The van der Waals surface area contributed by atoms with Gasteiger partial charge in [-0.1, -0.05) is 6.07 Å². The molecule has 1 amide bonds. The Morgan fingerprint density at radius 1 is 1.53 bits per heavy atom. The zero-order valence-electron chi connectivity index (χ0n) is 8.77. The second kappa shape index (κ2) is 3.82. The highest BCUT2D eigenvalue weighted by atomic mass is 16.2. The molecule has 1 aliphatic heterocycles. The van der Waals surface area contributed by atoms with Crippen molar-refractivity contribution in [3.05, 3.63) is 41.9 Å². The predicted octanol–water partition coefficient (Wildman–Crippen LogP) is 1.39. The highest BCUT2D eigenvalue weighted by Gasteiger charge is 2.24. The summed E-state index contributed by atoms with van der Waals surface area (Å²) in [6.45, 7) is 3.51. The van der Waals surface area contributed by atoms with Crippen molar-refractivity contribution in [2.75, 3.05) is 0 Å². The Labute approximate surface area is 88.6 Å². The van der Waals surface area contributed by atoms with Crippen LogP contribution < -0.4 is 5.43 Å². The third-order valence-corrected chi connectivity index (χ3v) is 2.38. The van der Waals surface area contributed by atoms with Gasteiger partial charge in [-0.15, -0.1) is 0 Å². The van der Waals surface area contributed by atoms with Crippen molar-refractivity contribution in [2.24, 2.45) is 0 Å². The van der Waals surface area contributed by atoms with E-state index < -0.39 is 0 Å². The fourth-order valence-electron chi connectivity index (χ4n) is 1.58. The summed E-state index contributed by atoms with van der Waals surface area (Å²) in [4.78, 5) is 15.4. The number of carbonyl (C=O) groups excluding carboxylic acids is 1. The van der Waals surface area contributed by atoms with E-state index in [0.717, 1.165) is 11.3 Å². The van der Waals surface area contributed by atoms with E-state index >= 15 is 0 Å². The Morgan fingerprint density at radius 2 is 2.33 bits per heavy atom. The van der Waals surface area contributed by atoms with Crippen LogP contribution in [0, 0.1) is 0 Å². The minimum Gasteiger partial charge on any atom is -0.273 e. The maximum absolute atomic E-state index is 11.2. The van der Waals surface area contributed by atoms with Crippen molar-refractivity contribution in [1.29, 1.82) is 0 Å². The Balaban J connectivity index is 2.22. The third-order valence-electron chi connectivity index (χ3n) is 2.38. The molecule has 15 heavy (non-hydrogen) atoms. The first-order valence-electron chi connectivity index (χ1n) is 4.83. The lowest BCUT2D eigenvalue weighted by Crippen LogP contribution is -2.34. The number of nitrogens with zero attached hydrogens (tertiary/aromatic N) is 2. The van der Waals surface area contributed by atoms with E-state index in [0.29, 0.717) is 0 Å². The van der Waals surface area contributed by atoms with E-state index in [-0.39, 0.29) is 11.9 Å². The minimum absolute atomic E-state index is 0.00935. The van der Waals surface area contributed by atoms with E-state index in [1.54, 1.807) is 6.20 Å². The van der Waals surface area contributed by atoms with E-state index in [1.807, 2.05) is 31.3 Å². The van der Waals surface area contributed by atoms with Crippen molar-refractivity contribution < 1.29 is 4.79 Å². The van der Waals surface area contributed by atoms with Crippen LogP contribution in [0.2, 0.25) is 0 Å². The molecule has 78 valence electrons. The minimum atomic E-state index is -0.0206. The molecule has 0 spiro atoms. The maximum Gasteiger partial charge on any atom is 0.237 e. The standard InChI is InChI=1S/C11H13N3O/c1-8-7-14(9(2)15)13-11(8)10-5-3-4-6-12-10/h3-7,11,13H,1-2H3. The van der Waals surface area contributed by atoms with Gasteiger partial charge >= 0.3 is 0 Å². The summed E-state index contributed by atoms with van der Waals surface area (Å²) in [5.74, 6) is -0.0206. The Hall–Kier alpha value is -1.68. The number of carbonyl (C=O) groups is 1. The van der Waals surface area contributed by atoms with Crippen molar-refractivity contribution in [2.45, 2.75) is 19.9 Å². The van der Waals surface area contributed by atoms with Crippen molar-refractivity contribution >= 4 is 5.91 Å². The summed E-state index contributed by atoms with van der Waals surface area (Å²) in [5.41, 5.74) is 5.10. The lowest BCUT2D eigenvalue weighted by Gasteiger charge is -2.16. The number of pyridine rings is 1. The molecule has 0 radical (unpaired) electrons. The van der Waals surface area contributed by atoms with Crippen molar-refractivity contribution in [3.8, 4) is 0 Å². The number of hydrogen-bond donors (Lipinski definition) is 1. The van der Waals surface area contributed by atoms with Crippen LogP contribution in [0.1, 0.15) is 25.6 Å². The molecular weight excluding hydrogens is 190 g/mol. The fraction of sp³-hybridized carbons (Fsp3) is 0.273. The first kappa shape index (κ1) is 9.86. The lowest BCUT2D eigenvalue weighted by molar-refractivity contribution is -0.128. The first-order valence-corrected chi connectivity index (χ1v) is 4.83. The highest BCUT2D eigenvalue weighted by Crippen LogP contribution is 2.24. The Kier molecular flexibility index (Phi) is 2.51. The number of amides is 1. The van der Waals surface area contributed by atoms with Crippen LogP contribution in [0.4, 0.5) is 0 Å². The molecule has 1 N–H and O–H groups in total. The molecular formula is C11H13N3O. The van der Waals surface area contributed by atoms with Gasteiger partial charge in [0.15, 0.2) is 0 Å². The van der Waals surface area contributed by atoms with Gasteiger partial charge in [0.05, 0.1) is 11.7 Å². The maximum atomic E-state index is 11.2. The quantitative estimate of drug-likeness (QED) is 0.750. The van der Waals surface area contributed by atoms with Gasteiger partial charge in [-0.2, -0.15) is 0 Å². The average molecular weight is 203 g/mol. The molecule has 1 aromatic rings. The molecule has 0 aliphatic carbocycles. The number of rotatable bonds is 1. The van der Waals surface area contributed by atoms with Crippen LogP contribution in [0.15, 0.2) is 36.2 Å². The van der Waals surface area contributed by atoms with Crippen LogP contribution >= 0.6 is 0 Å². The summed E-state index contributed by atoms with van der Waals surface area (Å²) in [6.07, 6.45) is 3.56. The highest BCUT2D eigenvalue weighted by molar-refractivity contribution is 5.74. The van der Waals surface area contributed by atoms with Crippen LogP contribution in [-0.4, -0.2) is 15.9 Å². The second-order valence-electron chi connectivity index (χ2n) is 3.58. The predicted molar refractivity (Wildman–Crippen MR) is 56.4 cm³/mol. The third kappa shape index (κ3) is 1.89. The van der Waals surface area contributed by atoms with Crippen molar-refractivity contribution in [1.82, 2.24) is 15.4 Å². The molecule has 2 heterocycles. The van der Waals surface area contributed by atoms with Crippen LogP contribution in [0.25, 0.3) is 0 Å². The summed E-state index contributed by atoms with van der Waals surface area (Å²) in [6, 6.07) is 5.77. The first-order chi connectivity index (χ1) is 7.18. The molecule has 2 rings (SSSR count). The van der Waals surface area contributed by atoms with Gasteiger partial charge in [0.1, 0.15) is 0 Å². The van der Waals surface area contributed by atoms with Gasteiger partial charge in [-0.05, 0) is 24.6 Å². The molecule has 1 aliphatic rings. The monoisotopic (exact) mass is 203 g/mol. The molecule has 0 saturated heterocycles. The lowest BCUT2D eigenvalue weighted by atomic mass is 10.1. The van der Waals surface area contributed by atoms with Crippen LogP contribution in [0.3, 0.4) is 0 Å². The largest absolute Gasteiger partial charge is 0.273 e. The van der Waals surface area contributed by atoms with Crippen LogP contribution in [0.5, 0.6) is 0 Å². The van der Waals surface area contributed by atoms with Gasteiger partial charge < -0.3 is 0 Å². The van der Waals surface area contributed by atoms with E-state index in [9.17, 15) is 4.79 Å². The van der Waals surface area contributed by atoms with Gasteiger partial charge in [0.2, 0.25) is 5.91 Å². The molecule has 1 unspecified atom stereocenters. The molecule has 0 saturated carbocycles. The molecule has 4 nitrogen and oxygen atoms in total. The second-order valence-corrected chi connectivity index (χ2v) is 3.58. The molecule has 0 aromatic carbocycles. The van der Waals surface area contributed by atoms with Gasteiger partial charge in [0.25, 0.3) is 0 Å². The average Bonchev–Trinajstić information content (AvgIpc) is 2.62. The van der Waals surface area contributed by atoms with Gasteiger partial charge in [0, 0.05) is 19.3 Å². The Bertz CT molecular complexity index is 400. The number of hydrogen-bond acceptors (Lipinski definition) is 3. The Morgan fingerprint density at radius 3 is 2.87 bits per heavy atom.